The molecule has 0 aliphatic carbocycles. The monoisotopic (exact) mass is 327 g/mol. The minimum atomic E-state index is -0.522. The fraction of sp³-hybridized carbons (Fsp3) is 0. The SMILES string of the molecule is N#Cc1ccnc(Oc2cc(F)c(Br)cc2Cl)n1. The van der Waals surface area contributed by atoms with E-state index in [4.69, 9.17) is 21.6 Å². The van der Waals surface area contributed by atoms with Gasteiger partial charge in [0.05, 0.1) is 9.50 Å². The molecule has 0 radical (unpaired) electrons. The van der Waals surface area contributed by atoms with Crippen LogP contribution in [0.1, 0.15) is 5.69 Å². The first-order chi connectivity index (χ1) is 8.60. The second kappa shape index (κ2) is 5.29. The van der Waals surface area contributed by atoms with Crippen molar-refractivity contribution in [2.24, 2.45) is 0 Å². The van der Waals surface area contributed by atoms with Crippen LogP contribution in [-0.4, -0.2) is 9.97 Å². The summed E-state index contributed by atoms with van der Waals surface area (Å²) in [4.78, 5) is 7.59. The Morgan fingerprint density at radius 3 is 2.94 bits per heavy atom. The Hall–Kier alpha value is -1.71. The van der Waals surface area contributed by atoms with E-state index in [2.05, 4.69) is 25.9 Å². The van der Waals surface area contributed by atoms with Crippen LogP contribution in [0.2, 0.25) is 5.02 Å². The zero-order valence-corrected chi connectivity index (χ0v) is 11.0. The fourth-order valence-electron chi connectivity index (χ4n) is 1.13. The van der Waals surface area contributed by atoms with Gasteiger partial charge in [0, 0.05) is 12.3 Å². The van der Waals surface area contributed by atoms with Crippen molar-refractivity contribution >= 4 is 27.5 Å². The Kier molecular flexibility index (Phi) is 3.75. The van der Waals surface area contributed by atoms with E-state index < -0.39 is 5.82 Å². The van der Waals surface area contributed by atoms with E-state index in [0.29, 0.717) is 0 Å². The quantitative estimate of drug-likeness (QED) is 0.789. The number of benzene rings is 1. The molecule has 0 unspecified atom stereocenters. The van der Waals surface area contributed by atoms with Gasteiger partial charge in [-0.3, -0.25) is 0 Å². The molecule has 0 saturated carbocycles. The predicted octanol–water partition coefficient (Wildman–Crippen LogP) is 3.70. The van der Waals surface area contributed by atoms with E-state index >= 15 is 0 Å². The molecule has 0 fully saturated rings. The van der Waals surface area contributed by atoms with Gasteiger partial charge in [0.15, 0.2) is 5.75 Å². The number of hydrogen-bond acceptors (Lipinski definition) is 4. The number of halogens is 3. The van der Waals surface area contributed by atoms with Gasteiger partial charge in [-0.05, 0) is 28.1 Å². The van der Waals surface area contributed by atoms with Gasteiger partial charge in [-0.25, -0.2) is 9.37 Å². The molecule has 0 aliphatic rings. The van der Waals surface area contributed by atoms with Gasteiger partial charge in [0.1, 0.15) is 17.6 Å². The molecule has 18 heavy (non-hydrogen) atoms. The van der Waals surface area contributed by atoms with Crippen LogP contribution >= 0.6 is 27.5 Å². The third-order valence-corrected chi connectivity index (χ3v) is 2.83. The third kappa shape index (κ3) is 2.75. The number of nitrogens with zero attached hydrogens (tertiary/aromatic N) is 3. The third-order valence-electron chi connectivity index (χ3n) is 1.92. The van der Waals surface area contributed by atoms with Crippen LogP contribution < -0.4 is 4.74 Å². The zero-order valence-electron chi connectivity index (χ0n) is 8.69. The topological polar surface area (TPSA) is 58.8 Å². The predicted molar refractivity (Wildman–Crippen MR) is 65.9 cm³/mol. The summed E-state index contributed by atoms with van der Waals surface area (Å²) < 4.78 is 18.8. The summed E-state index contributed by atoms with van der Waals surface area (Å²) in [5, 5.41) is 8.88. The van der Waals surface area contributed by atoms with Gasteiger partial charge in [-0.2, -0.15) is 10.2 Å². The molecule has 2 rings (SSSR count). The highest BCUT2D eigenvalue weighted by Gasteiger charge is 2.10. The van der Waals surface area contributed by atoms with Crippen molar-refractivity contribution < 1.29 is 9.13 Å². The lowest BCUT2D eigenvalue weighted by Crippen LogP contribution is -1.94. The molecule has 90 valence electrons. The highest BCUT2D eigenvalue weighted by Crippen LogP contribution is 2.32. The maximum absolute atomic E-state index is 13.3. The lowest BCUT2D eigenvalue weighted by molar-refractivity contribution is 0.437. The van der Waals surface area contributed by atoms with E-state index in [9.17, 15) is 4.39 Å². The smallest absolute Gasteiger partial charge is 0.323 e. The van der Waals surface area contributed by atoms with Gasteiger partial charge in [0.2, 0.25) is 0 Å². The summed E-state index contributed by atoms with van der Waals surface area (Å²) >= 11 is 8.88. The van der Waals surface area contributed by atoms with Crippen molar-refractivity contribution in [3.63, 3.8) is 0 Å². The van der Waals surface area contributed by atoms with E-state index in [0.717, 1.165) is 6.07 Å². The number of aromatic nitrogens is 2. The van der Waals surface area contributed by atoms with Crippen molar-refractivity contribution in [3.05, 3.63) is 45.4 Å². The van der Waals surface area contributed by atoms with Crippen molar-refractivity contribution in [2.45, 2.75) is 0 Å². The minimum absolute atomic E-state index is 0.0716. The standard InChI is InChI=1S/C11H4BrClFN3O/c12-7-3-8(13)10(4-9(7)14)18-11-16-2-1-6(5-15)17-11/h1-4H. The molecule has 0 spiro atoms. The number of nitriles is 1. The molecule has 0 atom stereocenters. The lowest BCUT2D eigenvalue weighted by Gasteiger charge is -2.06. The first-order valence-electron chi connectivity index (χ1n) is 4.65. The van der Waals surface area contributed by atoms with E-state index in [1.807, 2.05) is 6.07 Å². The lowest BCUT2D eigenvalue weighted by atomic mass is 10.3. The van der Waals surface area contributed by atoms with Crippen LogP contribution in [0.25, 0.3) is 0 Å². The van der Waals surface area contributed by atoms with Crippen molar-refractivity contribution in [3.8, 4) is 17.8 Å². The summed E-state index contributed by atoms with van der Waals surface area (Å²) in [6, 6.07) is 5.67. The van der Waals surface area contributed by atoms with Crippen molar-refractivity contribution in [1.29, 1.82) is 5.26 Å². The first-order valence-corrected chi connectivity index (χ1v) is 5.83. The molecule has 1 heterocycles. The molecule has 7 heteroatoms. The second-order valence-electron chi connectivity index (χ2n) is 3.14. The average Bonchev–Trinajstić information content (AvgIpc) is 2.36. The Balaban J connectivity index is 2.34. The Morgan fingerprint density at radius 1 is 1.44 bits per heavy atom. The second-order valence-corrected chi connectivity index (χ2v) is 4.40. The summed E-state index contributed by atoms with van der Waals surface area (Å²) in [5.41, 5.74) is 0.147. The molecular weight excluding hydrogens is 324 g/mol. The molecule has 4 nitrogen and oxygen atoms in total. The largest absolute Gasteiger partial charge is 0.423 e. The van der Waals surface area contributed by atoms with Crippen LogP contribution in [0, 0.1) is 17.1 Å². The molecule has 1 aromatic carbocycles. The van der Waals surface area contributed by atoms with E-state index in [1.54, 1.807) is 0 Å². The molecular formula is C11H4BrClFN3O. The van der Waals surface area contributed by atoms with Crippen LogP contribution in [0.5, 0.6) is 11.8 Å². The summed E-state index contributed by atoms with van der Waals surface area (Å²) in [6.07, 6.45) is 1.37. The highest BCUT2D eigenvalue weighted by molar-refractivity contribution is 9.10. The number of rotatable bonds is 2. The molecule has 0 bridgehead atoms. The summed E-state index contributed by atoms with van der Waals surface area (Å²) in [6.45, 7) is 0. The Morgan fingerprint density at radius 2 is 2.22 bits per heavy atom. The molecule has 1 aromatic heterocycles. The summed E-state index contributed by atoms with van der Waals surface area (Å²) in [5.74, 6) is -0.446. The van der Waals surface area contributed by atoms with Gasteiger partial charge in [0.25, 0.3) is 0 Å². The van der Waals surface area contributed by atoms with Gasteiger partial charge >= 0.3 is 6.01 Å². The molecule has 0 N–H and O–H groups in total. The summed E-state index contributed by atoms with van der Waals surface area (Å²) in [7, 11) is 0. The zero-order chi connectivity index (χ0) is 13.1. The number of ether oxygens (including phenoxy) is 1. The fourth-order valence-corrected chi connectivity index (χ4v) is 1.81. The van der Waals surface area contributed by atoms with Gasteiger partial charge in [-0.15, -0.1) is 0 Å². The first kappa shape index (κ1) is 12.7. The maximum Gasteiger partial charge on any atom is 0.323 e. The van der Waals surface area contributed by atoms with Gasteiger partial charge < -0.3 is 4.74 Å². The normalized spacial score (nSPS) is 9.89. The molecule has 0 saturated heterocycles. The van der Waals surface area contributed by atoms with Crippen molar-refractivity contribution in [1.82, 2.24) is 9.97 Å². The van der Waals surface area contributed by atoms with E-state index in [-0.39, 0.29) is 26.9 Å². The van der Waals surface area contributed by atoms with Gasteiger partial charge in [-0.1, -0.05) is 11.6 Å². The minimum Gasteiger partial charge on any atom is -0.423 e. The average molecular weight is 329 g/mol. The van der Waals surface area contributed by atoms with Crippen LogP contribution in [0.3, 0.4) is 0 Å². The van der Waals surface area contributed by atoms with Crippen LogP contribution in [-0.2, 0) is 0 Å². The number of hydrogen-bond donors (Lipinski definition) is 0. The Labute approximate surface area is 115 Å². The van der Waals surface area contributed by atoms with Crippen molar-refractivity contribution in [2.75, 3.05) is 0 Å². The van der Waals surface area contributed by atoms with E-state index in [1.165, 1.54) is 18.3 Å². The molecule has 0 aliphatic heterocycles. The van der Waals surface area contributed by atoms with Crippen LogP contribution in [0.4, 0.5) is 4.39 Å². The maximum atomic E-state index is 13.3. The highest BCUT2D eigenvalue weighted by atomic mass is 79.9. The van der Waals surface area contributed by atoms with Crippen LogP contribution in [0.15, 0.2) is 28.9 Å². The Bertz CT molecular complexity index is 645. The molecule has 2 aromatic rings. The molecule has 0 amide bonds.